The molecule has 2 heterocycles. The van der Waals surface area contributed by atoms with Crippen molar-refractivity contribution < 1.29 is 14.3 Å². The van der Waals surface area contributed by atoms with Crippen molar-refractivity contribution in [3.63, 3.8) is 0 Å². The zero-order valence-electron chi connectivity index (χ0n) is 14.5. The SMILES string of the molecule is Cl.O=C(Nc1cc(C(=O)N2CCOCC2)ccc1Cl)N1CCCNCC1. The van der Waals surface area contributed by atoms with Gasteiger partial charge in [0.25, 0.3) is 5.91 Å². The number of rotatable bonds is 2. The lowest BCUT2D eigenvalue weighted by atomic mass is 10.1. The van der Waals surface area contributed by atoms with Gasteiger partial charge in [0.2, 0.25) is 0 Å². The number of hydrogen-bond acceptors (Lipinski definition) is 4. The number of carbonyl (C=O) groups is 2. The summed E-state index contributed by atoms with van der Waals surface area (Å²) in [7, 11) is 0. The highest BCUT2D eigenvalue weighted by Crippen LogP contribution is 2.24. The first-order chi connectivity index (χ1) is 12.1. The lowest BCUT2D eigenvalue weighted by Crippen LogP contribution is -2.40. The Labute approximate surface area is 164 Å². The maximum atomic E-state index is 12.6. The van der Waals surface area contributed by atoms with E-state index in [4.69, 9.17) is 16.3 Å². The molecule has 0 bridgehead atoms. The van der Waals surface area contributed by atoms with Crippen molar-refractivity contribution in [1.29, 1.82) is 0 Å². The van der Waals surface area contributed by atoms with Crippen LogP contribution in [-0.4, -0.2) is 74.2 Å². The number of morpholine rings is 1. The molecule has 0 radical (unpaired) electrons. The average molecular weight is 403 g/mol. The highest BCUT2D eigenvalue weighted by atomic mass is 35.5. The fourth-order valence-corrected chi connectivity index (χ4v) is 3.11. The molecule has 144 valence electrons. The van der Waals surface area contributed by atoms with Crippen molar-refractivity contribution in [2.75, 3.05) is 57.8 Å². The number of carbonyl (C=O) groups excluding carboxylic acids is 2. The van der Waals surface area contributed by atoms with Crippen molar-refractivity contribution in [3.05, 3.63) is 28.8 Å². The third kappa shape index (κ3) is 5.23. The Balaban J connectivity index is 0.00000243. The standard InChI is InChI=1S/C17H23ClN4O3.ClH/c18-14-3-2-13(16(23)21-8-10-25-11-9-21)12-15(14)20-17(24)22-6-1-4-19-5-7-22;/h2-3,12,19H,1,4-11H2,(H,20,24);1H. The third-order valence-electron chi connectivity index (χ3n) is 4.38. The topological polar surface area (TPSA) is 73.9 Å². The van der Waals surface area contributed by atoms with Crippen molar-refractivity contribution in [2.24, 2.45) is 0 Å². The summed E-state index contributed by atoms with van der Waals surface area (Å²) in [5.74, 6) is -0.0746. The number of urea groups is 1. The van der Waals surface area contributed by atoms with Gasteiger partial charge in [0, 0.05) is 38.3 Å². The van der Waals surface area contributed by atoms with Gasteiger partial charge in [0.05, 0.1) is 23.9 Å². The molecule has 7 nitrogen and oxygen atoms in total. The second-order valence-electron chi connectivity index (χ2n) is 6.12. The molecule has 0 unspecified atom stereocenters. The molecule has 2 fully saturated rings. The molecule has 2 aliphatic heterocycles. The molecule has 0 aliphatic carbocycles. The van der Waals surface area contributed by atoms with Crippen LogP contribution in [0, 0.1) is 0 Å². The van der Waals surface area contributed by atoms with Gasteiger partial charge >= 0.3 is 6.03 Å². The molecule has 2 N–H and O–H groups in total. The largest absolute Gasteiger partial charge is 0.378 e. The van der Waals surface area contributed by atoms with E-state index in [2.05, 4.69) is 10.6 Å². The van der Waals surface area contributed by atoms with E-state index in [-0.39, 0.29) is 24.3 Å². The molecule has 2 aliphatic rings. The van der Waals surface area contributed by atoms with E-state index in [0.717, 1.165) is 19.5 Å². The summed E-state index contributed by atoms with van der Waals surface area (Å²) >= 11 is 6.21. The second kappa shape index (κ2) is 9.97. The van der Waals surface area contributed by atoms with Crippen LogP contribution in [-0.2, 0) is 4.74 Å². The van der Waals surface area contributed by atoms with Crippen LogP contribution >= 0.6 is 24.0 Å². The zero-order valence-corrected chi connectivity index (χ0v) is 16.1. The Morgan fingerprint density at radius 3 is 2.62 bits per heavy atom. The highest BCUT2D eigenvalue weighted by molar-refractivity contribution is 6.33. The number of benzene rings is 1. The molecular weight excluding hydrogens is 379 g/mol. The van der Waals surface area contributed by atoms with E-state index < -0.39 is 0 Å². The van der Waals surface area contributed by atoms with Gasteiger partial charge in [-0.1, -0.05) is 11.6 Å². The van der Waals surface area contributed by atoms with Gasteiger partial charge in [-0.25, -0.2) is 4.79 Å². The summed E-state index contributed by atoms with van der Waals surface area (Å²) in [5, 5.41) is 6.51. The molecule has 2 saturated heterocycles. The van der Waals surface area contributed by atoms with E-state index >= 15 is 0 Å². The van der Waals surface area contributed by atoms with Gasteiger partial charge in [-0.15, -0.1) is 12.4 Å². The molecule has 26 heavy (non-hydrogen) atoms. The normalized spacial score (nSPS) is 17.9. The van der Waals surface area contributed by atoms with E-state index in [9.17, 15) is 9.59 Å². The molecule has 3 amide bonds. The molecular formula is C17H24Cl2N4O3. The first kappa shape index (κ1) is 20.8. The van der Waals surface area contributed by atoms with Gasteiger partial charge in [-0.2, -0.15) is 0 Å². The second-order valence-corrected chi connectivity index (χ2v) is 6.53. The van der Waals surface area contributed by atoms with Crippen LogP contribution in [0.4, 0.5) is 10.5 Å². The van der Waals surface area contributed by atoms with Crippen molar-refractivity contribution in [2.45, 2.75) is 6.42 Å². The van der Waals surface area contributed by atoms with E-state index in [0.29, 0.717) is 55.7 Å². The Morgan fingerprint density at radius 1 is 1.08 bits per heavy atom. The molecule has 3 rings (SSSR count). The average Bonchev–Trinajstić information content (AvgIpc) is 2.93. The van der Waals surface area contributed by atoms with Crippen LogP contribution in [0.5, 0.6) is 0 Å². The molecule has 9 heteroatoms. The fraction of sp³-hybridized carbons (Fsp3) is 0.529. The van der Waals surface area contributed by atoms with Crippen LogP contribution in [0.25, 0.3) is 0 Å². The van der Waals surface area contributed by atoms with Crippen molar-refractivity contribution >= 4 is 41.6 Å². The van der Waals surface area contributed by atoms with Gasteiger partial charge in [0.15, 0.2) is 0 Å². The first-order valence-corrected chi connectivity index (χ1v) is 8.96. The minimum Gasteiger partial charge on any atom is -0.378 e. The maximum absolute atomic E-state index is 12.6. The number of hydrogen-bond donors (Lipinski definition) is 2. The smallest absolute Gasteiger partial charge is 0.321 e. The minimum atomic E-state index is -0.193. The molecule has 1 aromatic carbocycles. The molecule has 0 atom stereocenters. The van der Waals surface area contributed by atoms with Crippen LogP contribution in [0.3, 0.4) is 0 Å². The predicted octanol–water partition coefficient (Wildman–Crippen LogP) is 2.06. The van der Waals surface area contributed by atoms with Crippen LogP contribution in [0.15, 0.2) is 18.2 Å². The van der Waals surface area contributed by atoms with Crippen LogP contribution in [0.2, 0.25) is 5.02 Å². The number of anilines is 1. The molecule has 0 saturated carbocycles. The quantitative estimate of drug-likeness (QED) is 0.793. The summed E-state index contributed by atoms with van der Waals surface area (Å²) in [6, 6.07) is 4.79. The van der Waals surface area contributed by atoms with Gasteiger partial charge < -0.3 is 25.2 Å². The van der Waals surface area contributed by atoms with E-state index in [1.807, 2.05) is 0 Å². The number of halogens is 2. The molecule has 1 aromatic rings. The van der Waals surface area contributed by atoms with E-state index in [1.54, 1.807) is 28.0 Å². The maximum Gasteiger partial charge on any atom is 0.321 e. The first-order valence-electron chi connectivity index (χ1n) is 8.58. The summed E-state index contributed by atoms with van der Waals surface area (Å²) < 4.78 is 5.28. The lowest BCUT2D eigenvalue weighted by molar-refractivity contribution is 0.0303. The fourth-order valence-electron chi connectivity index (χ4n) is 2.95. The van der Waals surface area contributed by atoms with Crippen molar-refractivity contribution in [1.82, 2.24) is 15.1 Å². The Morgan fingerprint density at radius 2 is 1.85 bits per heavy atom. The zero-order chi connectivity index (χ0) is 17.6. The van der Waals surface area contributed by atoms with E-state index in [1.165, 1.54) is 0 Å². The number of amides is 3. The third-order valence-corrected chi connectivity index (χ3v) is 4.71. The van der Waals surface area contributed by atoms with Crippen LogP contribution < -0.4 is 10.6 Å². The molecule has 0 aromatic heterocycles. The number of nitrogens with zero attached hydrogens (tertiary/aromatic N) is 2. The highest BCUT2D eigenvalue weighted by Gasteiger charge is 2.21. The van der Waals surface area contributed by atoms with Gasteiger partial charge in [-0.05, 0) is 31.2 Å². The predicted molar refractivity (Wildman–Crippen MR) is 104 cm³/mol. The lowest BCUT2D eigenvalue weighted by Gasteiger charge is -2.27. The van der Waals surface area contributed by atoms with Crippen molar-refractivity contribution in [3.8, 4) is 0 Å². The summed E-state index contributed by atoms with van der Waals surface area (Å²) in [6.45, 7) is 5.27. The summed E-state index contributed by atoms with van der Waals surface area (Å²) in [5.41, 5.74) is 0.974. The number of nitrogens with one attached hydrogen (secondary N) is 2. The summed E-state index contributed by atoms with van der Waals surface area (Å²) in [4.78, 5) is 28.6. The number of ether oxygens (including phenoxy) is 1. The van der Waals surface area contributed by atoms with Gasteiger partial charge in [-0.3, -0.25) is 4.79 Å². The van der Waals surface area contributed by atoms with Gasteiger partial charge in [0.1, 0.15) is 0 Å². The summed E-state index contributed by atoms with van der Waals surface area (Å²) in [6.07, 6.45) is 0.913. The minimum absolute atomic E-state index is 0. The monoisotopic (exact) mass is 402 g/mol. The Hall–Kier alpha value is -1.54. The Bertz CT molecular complexity index is 630. The Kier molecular flexibility index (Phi) is 7.96. The molecule has 0 spiro atoms. The van der Waals surface area contributed by atoms with Crippen LogP contribution in [0.1, 0.15) is 16.8 Å².